The Morgan fingerprint density at radius 2 is 2.05 bits per heavy atom. The number of hydrogen-bond donors (Lipinski definition) is 0. The van der Waals surface area contributed by atoms with Gasteiger partial charge < -0.3 is 14.2 Å². The zero-order chi connectivity index (χ0) is 15.7. The molecule has 122 valence electrons. The number of hydrogen-bond acceptors (Lipinski definition) is 4. The number of ether oxygens (including phenoxy) is 1. The minimum Gasteiger partial charge on any atom is -0.381 e. The van der Waals surface area contributed by atoms with Gasteiger partial charge in [-0.25, -0.2) is 0 Å². The van der Waals surface area contributed by atoms with Crippen molar-refractivity contribution in [2.24, 2.45) is 11.8 Å². The topological polar surface area (TPSA) is 60.2 Å². The monoisotopic (exact) mass is 306 g/mol. The van der Waals surface area contributed by atoms with Gasteiger partial charge in [0.2, 0.25) is 5.91 Å². The first-order chi connectivity index (χ1) is 10.6. The summed E-state index contributed by atoms with van der Waals surface area (Å²) in [7, 11) is 0. The van der Waals surface area contributed by atoms with Gasteiger partial charge in [-0.05, 0) is 32.1 Å². The summed E-state index contributed by atoms with van der Waals surface area (Å²) < 4.78 is 7.60. The number of aromatic nitrogens is 3. The smallest absolute Gasteiger partial charge is 0.226 e. The van der Waals surface area contributed by atoms with E-state index < -0.39 is 0 Å². The van der Waals surface area contributed by atoms with Crippen molar-refractivity contribution in [3.05, 3.63) is 11.6 Å². The number of fused-ring (bicyclic) bond motifs is 1. The Balaban J connectivity index is 1.78. The highest BCUT2D eigenvalue weighted by molar-refractivity contribution is 5.79. The molecule has 1 saturated heterocycles. The maximum absolute atomic E-state index is 12.8. The molecule has 0 bridgehead atoms. The van der Waals surface area contributed by atoms with Crippen molar-refractivity contribution in [2.45, 2.75) is 52.6 Å². The van der Waals surface area contributed by atoms with Gasteiger partial charge in [0.15, 0.2) is 5.82 Å². The van der Waals surface area contributed by atoms with Crippen LogP contribution in [0.25, 0.3) is 0 Å². The van der Waals surface area contributed by atoms with Crippen LogP contribution in [0.3, 0.4) is 0 Å². The molecule has 0 aliphatic carbocycles. The molecule has 1 aromatic rings. The molecule has 2 aliphatic heterocycles. The fourth-order valence-corrected chi connectivity index (χ4v) is 3.66. The highest BCUT2D eigenvalue weighted by Gasteiger charge is 2.34. The summed E-state index contributed by atoms with van der Waals surface area (Å²) in [5.41, 5.74) is 0. The Bertz CT molecular complexity index is 534. The van der Waals surface area contributed by atoms with E-state index in [-0.39, 0.29) is 11.8 Å². The van der Waals surface area contributed by atoms with Gasteiger partial charge in [0.1, 0.15) is 5.82 Å². The van der Waals surface area contributed by atoms with Gasteiger partial charge in [0, 0.05) is 25.7 Å². The van der Waals surface area contributed by atoms with Crippen LogP contribution >= 0.6 is 0 Å². The maximum atomic E-state index is 12.8. The Hall–Kier alpha value is -1.43. The molecule has 0 saturated carbocycles. The van der Waals surface area contributed by atoms with Crippen molar-refractivity contribution >= 4 is 5.91 Å². The molecule has 0 unspecified atom stereocenters. The van der Waals surface area contributed by atoms with Crippen molar-refractivity contribution < 1.29 is 9.53 Å². The van der Waals surface area contributed by atoms with Crippen LogP contribution in [0, 0.1) is 18.8 Å². The lowest BCUT2D eigenvalue weighted by Crippen LogP contribution is -2.45. The fraction of sp³-hybridized carbons (Fsp3) is 0.812. The van der Waals surface area contributed by atoms with Crippen molar-refractivity contribution in [1.29, 1.82) is 0 Å². The first-order valence-electron chi connectivity index (χ1n) is 8.33. The quantitative estimate of drug-likeness (QED) is 0.856. The first-order valence-corrected chi connectivity index (χ1v) is 8.33. The lowest BCUT2D eigenvalue weighted by atomic mass is 9.96. The van der Waals surface area contributed by atoms with Crippen LogP contribution in [-0.4, -0.2) is 45.3 Å². The molecule has 1 amide bonds. The SMILES string of the molecule is Cc1nnc2n1[C@@H](CC(C)C)CN(C(=O)C1CCOCC1)C2. The molecule has 3 heterocycles. The van der Waals surface area contributed by atoms with Crippen LogP contribution in [0.4, 0.5) is 0 Å². The number of amides is 1. The molecule has 1 atom stereocenters. The van der Waals surface area contributed by atoms with E-state index >= 15 is 0 Å². The Morgan fingerprint density at radius 3 is 2.73 bits per heavy atom. The van der Waals surface area contributed by atoms with Gasteiger partial charge in [-0.2, -0.15) is 0 Å². The average molecular weight is 306 g/mol. The van der Waals surface area contributed by atoms with Gasteiger partial charge in [-0.15, -0.1) is 10.2 Å². The normalized spacial score (nSPS) is 22.9. The molecular formula is C16H26N4O2. The second-order valence-electron chi connectivity index (χ2n) is 6.92. The van der Waals surface area contributed by atoms with Crippen molar-refractivity contribution in [2.75, 3.05) is 19.8 Å². The minimum absolute atomic E-state index is 0.115. The summed E-state index contributed by atoms with van der Waals surface area (Å²) in [6.45, 7) is 9.22. The molecule has 6 nitrogen and oxygen atoms in total. The highest BCUT2D eigenvalue weighted by Crippen LogP contribution is 2.29. The molecule has 0 spiro atoms. The van der Waals surface area contributed by atoms with Gasteiger partial charge in [0.05, 0.1) is 12.6 Å². The van der Waals surface area contributed by atoms with Crippen molar-refractivity contribution in [3.63, 3.8) is 0 Å². The molecule has 1 fully saturated rings. The second-order valence-corrected chi connectivity index (χ2v) is 6.92. The third-order valence-corrected chi connectivity index (χ3v) is 4.69. The Labute approximate surface area is 131 Å². The number of rotatable bonds is 3. The number of carbonyl (C=O) groups excluding carboxylic acids is 1. The van der Waals surface area contributed by atoms with Crippen LogP contribution in [0.5, 0.6) is 0 Å². The lowest BCUT2D eigenvalue weighted by molar-refractivity contribution is -0.140. The van der Waals surface area contributed by atoms with Crippen LogP contribution in [0.2, 0.25) is 0 Å². The molecule has 0 radical (unpaired) electrons. The van der Waals surface area contributed by atoms with E-state index in [4.69, 9.17) is 4.74 Å². The van der Waals surface area contributed by atoms with E-state index in [0.29, 0.717) is 31.7 Å². The van der Waals surface area contributed by atoms with Crippen LogP contribution < -0.4 is 0 Å². The summed E-state index contributed by atoms with van der Waals surface area (Å²) in [5, 5.41) is 8.50. The van der Waals surface area contributed by atoms with Gasteiger partial charge in [0.25, 0.3) is 0 Å². The average Bonchev–Trinajstić information content (AvgIpc) is 2.88. The van der Waals surface area contributed by atoms with E-state index in [1.807, 2.05) is 11.8 Å². The van der Waals surface area contributed by atoms with E-state index in [9.17, 15) is 4.79 Å². The third kappa shape index (κ3) is 3.02. The van der Waals surface area contributed by atoms with Crippen molar-refractivity contribution in [1.82, 2.24) is 19.7 Å². The second kappa shape index (κ2) is 6.36. The summed E-state index contributed by atoms with van der Waals surface area (Å²) in [6, 6.07) is 0.294. The molecule has 1 aromatic heterocycles. The Kier molecular flexibility index (Phi) is 4.47. The number of nitrogens with zero attached hydrogens (tertiary/aromatic N) is 4. The van der Waals surface area contributed by atoms with E-state index in [2.05, 4.69) is 28.6 Å². The minimum atomic E-state index is 0.115. The van der Waals surface area contributed by atoms with E-state index in [1.54, 1.807) is 0 Å². The summed E-state index contributed by atoms with van der Waals surface area (Å²) >= 11 is 0. The third-order valence-electron chi connectivity index (χ3n) is 4.69. The predicted molar refractivity (Wildman–Crippen MR) is 82.2 cm³/mol. The summed E-state index contributed by atoms with van der Waals surface area (Å²) in [6.07, 6.45) is 2.73. The molecule has 0 N–H and O–H groups in total. The lowest BCUT2D eigenvalue weighted by Gasteiger charge is -2.37. The number of carbonyl (C=O) groups is 1. The Morgan fingerprint density at radius 1 is 1.32 bits per heavy atom. The standard InChI is InChI=1S/C16H26N4O2/c1-11(2)8-14-9-19(10-15-18-17-12(3)20(14)15)16(21)13-4-6-22-7-5-13/h11,13-14H,4-10H2,1-3H3/t14-/m0/s1. The van der Waals surface area contributed by atoms with Crippen LogP contribution in [-0.2, 0) is 16.1 Å². The molecular weight excluding hydrogens is 280 g/mol. The van der Waals surface area contributed by atoms with E-state index in [1.165, 1.54) is 0 Å². The molecule has 6 heteroatoms. The maximum Gasteiger partial charge on any atom is 0.226 e. The van der Waals surface area contributed by atoms with E-state index in [0.717, 1.165) is 37.5 Å². The molecule has 0 aromatic carbocycles. The summed E-state index contributed by atoms with van der Waals surface area (Å²) in [5.74, 6) is 2.85. The zero-order valence-electron chi connectivity index (χ0n) is 13.8. The van der Waals surface area contributed by atoms with Crippen molar-refractivity contribution in [3.8, 4) is 0 Å². The van der Waals surface area contributed by atoms with Gasteiger partial charge in [-0.3, -0.25) is 4.79 Å². The largest absolute Gasteiger partial charge is 0.381 e. The molecule has 3 rings (SSSR count). The van der Waals surface area contributed by atoms with Gasteiger partial charge >= 0.3 is 0 Å². The first kappa shape index (κ1) is 15.5. The van der Waals surface area contributed by atoms with Crippen LogP contribution in [0.1, 0.15) is 50.8 Å². The number of aryl methyl sites for hydroxylation is 1. The zero-order valence-corrected chi connectivity index (χ0v) is 13.8. The summed E-state index contributed by atoms with van der Waals surface area (Å²) in [4.78, 5) is 14.8. The fourth-order valence-electron chi connectivity index (χ4n) is 3.66. The molecule has 2 aliphatic rings. The molecule has 22 heavy (non-hydrogen) atoms. The van der Waals surface area contributed by atoms with Gasteiger partial charge in [-0.1, -0.05) is 13.8 Å². The highest BCUT2D eigenvalue weighted by atomic mass is 16.5. The predicted octanol–water partition coefficient (Wildman–Crippen LogP) is 1.94. The van der Waals surface area contributed by atoms with Crippen LogP contribution in [0.15, 0.2) is 0 Å².